The third-order valence-corrected chi connectivity index (χ3v) is 6.83. The second kappa shape index (κ2) is 6.84. The molecular formula is C22H23N7O2. The summed E-state index contributed by atoms with van der Waals surface area (Å²) < 4.78 is 1.91. The standard InChI is InChI=1S/C22H23N7O2/c23-28-17-6-5-14(9-15(17)10-19(28)30)20-18-7-8-24-22(27-11-16(12-27)26-31)29(18)25-21(20)13-3-1-2-4-13/h5-9,13,16H,1-4,10-12,23H2. The van der Waals surface area contributed by atoms with Crippen molar-refractivity contribution in [2.24, 2.45) is 11.0 Å². The van der Waals surface area contributed by atoms with Crippen LogP contribution in [0.15, 0.2) is 35.6 Å². The number of hydrogen-bond acceptors (Lipinski definition) is 7. The number of carbonyl (C=O) groups is 1. The molecule has 2 aromatic heterocycles. The number of nitrogens with two attached hydrogens (primary N) is 1. The van der Waals surface area contributed by atoms with Gasteiger partial charge < -0.3 is 4.90 Å². The summed E-state index contributed by atoms with van der Waals surface area (Å²) in [6, 6.07) is 7.84. The molecule has 3 aromatic rings. The van der Waals surface area contributed by atoms with Crippen LogP contribution in [0, 0.1) is 4.91 Å². The Morgan fingerprint density at radius 3 is 2.71 bits per heavy atom. The zero-order chi connectivity index (χ0) is 21.1. The molecule has 0 atom stereocenters. The molecule has 1 saturated carbocycles. The van der Waals surface area contributed by atoms with E-state index in [1.807, 2.05) is 27.6 Å². The number of carbonyl (C=O) groups excluding carboxylic acids is 1. The zero-order valence-electron chi connectivity index (χ0n) is 17.1. The van der Waals surface area contributed by atoms with E-state index in [1.54, 1.807) is 6.20 Å². The summed E-state index contributed by atoms with van der Waals surface area (Å²) in [6.07, 6.45) is 6.79. The van der Waals surface area contributed by atoms with E-state index in [1.165, 1.54) is 17.9 Å². The van der Waals surface area contributed by atoms with Crippen molar-refractivity contribution in [1.29, 1.82) is 0 Å². The Hall–Kier alpha value is -3.33. The third kappa shape index (κ3) is 2.76. The van der Waals surface area contributed by atoms with E-state index in [4.69, 9.17) is 10.9 Å². The van der Waals surface area contributed by atoms with Crippen LogP contribution in [0.2, 0.25) is 0 Å². The summed E-state index contributed by atoms with van der Waals surface area (Å²) >= 11 is 0. The highest BCUT2D eigenvalue weighted by Crippen LogP contribution is 2.42. The number of fused-ring (bicyclic) bond motifs is 2. The van der Waals surface area contributed by atoms with E-state index < -0.39 is 0 Å². The van der Waals surface area contributed by atoms with Crippen LogP contribution >= 0.6 is 0 Å². The van der Waals surface area contributed by atoms with Gasteiger partial charge in [-0.25, -0.2) is 15.8 Å². The molecule has 2 fully saturated rings. The molecule has 0 radical (unpaired) electrons. The number of amides is 1. The number of anilines is 2. The van der Waals surface area contributed by atoms with E-state index in [9.17, 15) is 9.70 Å². The summed E-state index contributed by atoms with van der Waals surface area (Å²) in [4.78, 5) is 29.5. The van der Waals surface area contributed by atoms with E-state index in [0.717, 1.165) is 52.4 Å². The van der Waals surface area contributed by atoms with Gasteiger partial charge in [-0.2, -0.15) is 14.5 Å². The van der Waals surface area contributed by atoms with Crippen LogP contribution < -0.4 is 15.8 Å². The van der Waals surface area contributed by atoms with Crippen molar-refractivity contribution in [3.05, 3.63) is 46.6 Å². The van der Waals surface area contributed by atoms with Crippen LogP contribution in [-0.4, -0.2) is 39.6 Å². The molecule has 1 aromatic carbocycles. The summed E-state index contributed by atoms with van der Waals surface area (Å²) in [5.74, 6) is 6.96. The Labute approximate surface area is 178 Å². The lowest BCUT2D eigenvalue weighted by atomic mass is 9.93. The number of hydrogen-bond donors (Lipinski definition) is 1. The van der Waals surface area contributed by atoms with Crippen LogP contribution in [0.1, 0.15) is 42.9 Å². The Morgan fingerprint density at radius 2 is 1.94 bits per heavy atom. The lowest BCUT2D eigenvalue weighted by Crippen LogP contribution is -2.50. The molecule has 0 spiro atoms. The second-order valence-electron chi connectivity index (χ2n) is 8.73. The van der Waals surface area contributed by atoms with Gasteiger partial charge in [0.25, 0.3) is 0 Å². The van der Waals surface area contributed by atoms with Crippen molar-refractivity contribution in [2.75, 3.05) is 23.0 Å². The van der Waals surface area contributed by atoms with Crippen LogP contribution in [-0.2, 0) is 11.2 Å². The molecule has 2 aliphatic heterocycles. The highest BCUT2D eigenvalue weighted by molar-refractivity contribution is 6.01. The van der Waals surface area contributed by atoms with Gasteiger partial charge in [-0.05, 0) is 42.2 Å². The molecule has 4 heterocycles. The van der Waals surface area contributed by atoms with Gasteiger partial charge in [-0.3, -0.25) is 4.79 Å². The molecule has 1 amide bonds. The average Bonchev–Trinajstić information content (AvgIpc) is 3.45. The molecule has 1 aliphatic carbocycles. The van der Waals surface area contributed by atoms with Crippen molar-refractivity contribution in [3.63, 3.8) is 0 Å². The molecule has 158 valence electrons. The van der Waals surface area contributed by atoms with Gasteiger partial charge in [0.1, 0.15) is 6.04 Å². The van der Waals surface area contributed by atoms with Crippen LogP contribution in [0.5, 0.6) is 0 Å². The lowest BCUT2D eigenvalue weighted by Gasteiger charge is -2.35. The Morgan fingerprint density at radius 1 is 1.13 bits per heavy atom. The number of benzene rings is 1. The molecular weight excluding hydrogens is 394 g/mol. The summed E-state index contributed by atoms with van der Waals surface area (Å²) in [5.41, 5.74) is 5.94. The fourth-order valence-corrected chi connectivity index (χ4v) is 5.17. The SMILES string of the molecule is NN1C(=O)Cc2cc(-c3c(C4CCCC4)nn4c(N5CC(N=O)C5)nccc34)ccc21. The van der Waals surface area contributed by atoms with Gasteiger partial charge in [0.2, 0.25) is 11.9 Å². The van der Waals surface area contributed by atoms with Gasteiger partial charge in [-0.15, -0.1) is 0 Å². The summed E-state index contributed by atoms with van der Waals surface area (Å²) in [6.45, 7) is 1.13. The maximum Gasteiger partial charge on any atom is 0.245 e. The summed E-state index contributed by atoms with van der Waals surface area (Å²) in [7, 11) is 0. The molecule has 9 nitrogen and oxygen atoms in total. The second-order valence-corrected chi connectivity index (χ2v) is 8.73. The zero-order valence-corrected chi connectivity index (χ0v) is 17.1. The van der Waals surface area contributed by atoms with Crippen LogP contribution in [0.4, 0.5) is 11.6 Å². The predicted molar refractivity (Wildman–Crippen MR) is 117 cm³/mol. The number of nitrogens with zero attached hydrogens (tertiary/aromatic N) is 6. The Kier molecular flexibility index (Phi) is 4.07. The van der Waals surface area contributed by atoms with Crippen molar-refractivity contribution in [3.8, 4) is 11.1 Å². The highest BCUT2D eigenvalue weighted by Gasteiger charge is 2.33. The smallest absolute Gasteiger partial charge is 0.245 e. The normalized spacial score (nSPS) is 19.3. The minimum atomic E-state index is -0.185. The van der Waals surface area contributed by atoms with Gasteiger partial charge in [0, 0.05) is 30.8 Å². The molecule has 2 N–H and O–H groups in total. The predicted octanol–water partition coefficient (Wildman–Crippen LogP) is 2.77. The first-order chi connectivity index (χ1) is 15.1. The molecule has 3 aliphatic rings. The molecule has 6 rings (SSSR count). The number of rotatable bonds is 4. The first-order valence-electron chi connectivity index (χ1n) is 10.8. The fourth-order valence-electron chi connectivity index (χ4n) is 5.17. The first-order valence-corrected chi connectivity index (χ1v) is 10.8. The largest absolute Gasteiger partial charge is 0.336 e. The van der Waals surface area contributed by atoms with E-state index in [-0.39, 0.29) is 11.9 Å². The topological polar surface area (TPSA) is 109 Å². The monoisotopic (exact) mass is 417 g/mol. The van der Waals surface area contributed by atoms with Crippen molar-refractivity contribution >= 4 is 23.1 Å². The first kappa shape index (κ1) is 18.4. The molecule has 31 heavy (non-hydrogen) atoms. The highest BCUT2D eigenvalue weighted by atomic mass is 16.3. The fraction of sp³-hybridized carbons (Fsp3) is 0.409. The minimum absolute atomic E-state index is 0.0920. The van der Waals surface area contributed by atoms with Gasteiger partial charge in [0.15, 0.2) is 0 Å². The van der Waals surface area contributed by atoms with E-state index in [2.05, 4.69) is 16.2 Å². The van der Waals surface area contributed by atoms with Crippen molar-refractivity contribution in [1.82, 2.24) is 14.6 Å². The number of nitroso groups, excluding NO2 is 1. The van der Waals surface area contributed by atoms with Gasteiger partial charge >= 0.3 is 0 Å². The molecule has 1 saturated heterocycles. The van der Waals surface area contributed by atoms with Gasteiger partial charge in [-0.1, -0.05) is 24.1 Å². The minimum Gasteiger partial charge on any atom is -0.336 e. The quantitative estimate of drug-likeness (QED) is 0.397. The van der Waals surface area contributed by atoms with Gasteiger partial charge in [0.05, 0.1) is 23.3 Å². The van der Waals surface area contributed by atoms with Crippen LogP contribution in [0.25, 0.3) is 16.6 Å². The number of aromatic nitrogens is 3. The average molecular weight is 417 g/mol. The maximum atomic E-state index is 12.1. The van der Waals surface area contributed by atoms with E-state index >= 15 is 0 Å². The van der Waals surface area contributed by atoms with Crippen LogP contribution in [0.3, 0.4) is 0 Å². The Balaban J connectivity index is 1.51. The van der Waals surface area contributed by atoms with Crippen molar-refractivity contribution in [2.45, 2.75) is 44.1 Å². The number of hydrazine groups is 1. The Bertz CT molecular complexity index is 1210. The third-order valence-electron chi connectivity index (χ3n) is 6.83. The molecule has 9 heteroatoms. The van der Waals surface area contributed by atoms with Crippen molar-refractivity contribution < 1.29 is 4.79 Å². The molecule has 0 bridgehead atoms. The van der Waals surface area contributed by atoms with E-state index in [0.29, 0.717) is 25.4 Å². The maximum absolute atomic E-state index is 12.1. The molecule has 0 unspecified atom stereocenters. The lowest BCUT2D eigenvalue weighted by molar-refractivity contribution is -0.117. The summed E-state index contributed by atoms with van der Waals surface area (Å²) in [5, 5.41) is 9.42.